The van der Waals surface area contributed by atoms with Gasteiger partial charge in [0.25, 0.3) is 0 Å². The number of pyridine rings is 1. The van der Waals surface area contributed by atoms with Gasteiger partial charge in [-0.3, -0.25) is 4.98 Å². The van der Waals surface area contributed by atoms with E-state index in [0.717, 1.165) is 27.6 Å². The summed E-state index contributed by atoms with van der Waals surface area (Å²) in [7, 11) is 0. The molecule has 0 saturated carbocycles. The van der Waals surface area contributed by atoms with Gasteiger partial charge in [-0.25, -0.2) is 31.3 Å². The first-order chi connectivity index (χ1) is 20.9. The molecule has 4 aromatic carbocycles. The van der Waals surface area contributed by atoms with Gasteiger partial charge >= 0.3 is 6.11 Å². The van der Waals surface area contributed by atoms with Crippen molar-refractivity contribution < 1.29 is 39.9 Å². The lowest BCUT2D eigenvalue weighted by molar-refractivity contribution is -0.189. The van der Waals surface area contributed by atoms with Crippen LogP contribution in [0.5, 0.6) is 5.75 Å². The quantitative estimate of drug-likeness (QED) is 0.136. The number of aromatic nitrogens is 2. The summed E-state index contributed by atoms with van der Waals surface area (Å²) in [5.74, 6) is -11.4. The number of hydrogen-bond donors (Lipinski definition) is 0. The number of hydrogen-bond acceptors (Lipinski definition) is 4. The molecule has 6 aromatic rings. The summed E-state index contributed by atoms with van der Waals surface area (Å²) in [5.41, 5.74) is 1.12. The third-order valence-electron chi connectivity index (χ3n) is 6.66. The average molecular weight is 629 g/mol. The van der Waals surface area contributed by atoms with Crippen LogP contribution in [0.1, 0.15) is 11.1 Å². The maximum Gasteiger partial charge on any atom is 0.432 e. The highest BCUT2D eigenvalue weighted by Crippen LogP contribution is 2.39. The third-order valence-corrected chi connectivity index (χ3v) is 7.73. The monoisotopic (exact) mass is 628 g/mol. The van der Waals surface area contributed by atoms with Crippen LogP contribution in [-0.4, -0.2) is 9.97 Å². The molecule has 0 atom stereocenters. The molecule has 0 radical (unpaired) electrons. The van der Waals surface area contributed by atoms with E-state index in [2.05, 4.69) is 14.7 Å². The highest BCUT2D eigenvalue weighted by Gasteiger charge is 2.41. The number of thiazole rings is 1. The molecule has 3 nitrogen and oxygen atoms in total. The molecule has 0 N–H and O–H groups in total. The van der Waals surface area contributed by atoms with E-state index in [9.17, 15) is 30.7 Å². The van der Waals surface area contributed by atoms with Crippen LogP contribution in [0.2, 0.25) is 0 Å². The first-order valence-electron chi connectivity index (χ1n) is 12.7. The fourth-order valence-corrected chi connectivity index (χ4v) is 5.53. The Balaban J connectivity index is 1.28. The van der Waals surface area contributed by atoms with Crippen molar-refractivity contribution in [3.8, 4) is 38.7 Å². The number of halogens is 8. The number of fused-ring (bicyclic) bond motifs is 1. The summed E-state index contributed by atoms with van der Waals surface area (Å²) < 4.78 is 119. The van der Waals surface area contributed by atoms with Gasteiger partial charge in [-0.15, -0.1) is 11.3 Å². The Hall–Kier alpha value is -4.84. The molecule has 0 bridgehead atoms. The predicted octanol–water partition coefficient (Wildman–Crippen LogP) is 9.96. The lowest BCUT2D eigenvalue weighted by Crippen LogP contribution is -2.25. The number of rotatable bonds is 6. The van der Waals surface area contributed by atoms with Gasteiger partial charge in [0.2, 0.25) is 0 Å². The molecule has 12 heteroatoms. The van der Waals surface area contributed by atoms with E-state index in [1.807, 2.05) is 37.3 Å². The van der Waals surface area contributed by atoms with Crippen molar-refractivity contribution in [2.75, 3.05) is 0 Å². The number of ether oxygens (including phenoxy) is 1. The van der Waals surface area contributed by atoms with Crippen LogP contribution in [0.25, 0.3) is 43.2 Å². The fourth-order valence-electron chi connectivity index (χ4n) is 4.53. The van der Waals surface area contributed by atoms with E-state index in [-0.39, 0.29) is 17.7 Å². The van der Waals surface area contributed by atoms with Crippen LogP contribution in [0.15, 0.2) is 79.0 Å². The molecule has 0 aliphatic carbocycles. The van der Waals surface area contributed by atoms with Crippen LogP contribution in [0, 0.1) is 41.8 Å². The predicted molar refractivity (Wildman–Crippen MR) is 149 cm³/mol. The largest absolute Gasteiger partial charge is 0.432 e. The zero-order chi connectivity index (χ0) is 31.3. The van der Waals surface area contributed by atoms with Gasteiger partial charge in [-0.1, -0.05) is 24.3 Å². The van der Waals surface area contributed by atoms with Crippen LogP contribution >= 0.6 is 11.3 Å². The third kappa shape index (κ3) is 5.48. The lowest BCUT2D eigenvalue weighted by atomic mass is 10.0. The van der Waals surface area contributed by atoms with Gasteiger partial charge in [-0.2, -0.15) is 8.78 Å². The standard InChI is InChI=1S/C32H16F8N2OS/c1-15-2-6-26(41-14-15)16-4-7-27-28(11-16)44-31(42-27)17-3-5-20(21(33)8-17)18-9-22(34)29(23(35)10-18)32(39,40)43-19-12-24(36)30(38)25(37)13-19/h2-14H,1H3. The van der Waals surface area contributed by atoms with Gasteiger partial charge < -0.3 is 4.74 Å². The number of aryl methyl sites for hydroxylation is 1. The lowest BCUT2D eigenvalue weighted by Gasteiger charge is -2.20. The Bertz CT molecular complexity index is 2010. The SMILES string of the molecule is Cc1ccc(-c2ccc3nc(-c4ccc(-c5cc(F)c(C(F)(F)Oc6cc(F)c(F)c(F)c6)c(F)c5)c(F)c4)sc3c2)nc1. The molecule has 0 unspecified atom stereocenters. The van der Waals surface area contributed by atoms with Gasteiger partial charge in [-0.05, 0) is 54.4 Å². The van der Waals surface area contributed by atoms with Gasteiger partial charge in [0, 0.05) is 35.0 Å². The van der Waals surface area contributed by atoms with Gasteiger partial charge in [0.05, 0.1) is 15.9 Å². The normalized spacial score (nSPS) is 11.8. The van der Waals surface area contributed by atoms with E-state index >= 15 is 4.39 Å². The highest BCUT2D eigenvalue weighted by atomic mass is 32.1. The summed E-state index contributed by atoms with van der Waals surface area (Å²) >= 11 is 1.29. The van der Waals surface area contributed by atoms with Crippen molar-refractivity contribution >= 4 is 21.6 Å². The summed E-state index contributed by atoms with van der Waals surface area (Å²) in [4.78, 5) is 8.96. The first kappa shape index (κ1) is 29.2. The van der Waals surface area contributed by atoms with E-state index in [0.29, 0.717) is 28.2 Å². The fraction of sp³-hybridized carbons (Fsp3) is 0.0625. The van der Waals surface area contributed by atoms with E-state index < -0.39 is 57.9 Å². The molecule has 0 spiro atoms. The van der Waals surface area contributed by atoms with Crippen molar-refractivity contribution in [1.29, 1.82) is 0 Å². The molecule has 0 amide bonds. The summed E-state index contributed by atoms with van der Waals surface area (Å²) in [6, 6.07) is 14.4. The van der Waals surface area contributed by atoms with Crippen LogP contribution in [-0.2, 0) is 6.11 Å². The van der Waals surface area contributed by atoms with Gasteiger partial charge in [0.15, 0.2) is 17.5 Å². The van der Waals surface area contributed by atoms with Crippen LogP contribution in [0.4, 0.5) is 35.1 Å². The summed E-state index contributed by atoms with van der Waals surface area (Å²) in [6.45, 7) is 1.93. The Morgan fingerprint density at radius 3 is 1.98 bits per heavy atom. The molecule has 0 saturated heterocycles. The number of alkyl halides is 2. The van der Waals surface area contributed by atoms with Crippen molar-refractivity contribution in [2.24, 2.45) is 0 Å². The molecule has 2 aromatic heterocycles. The maximum absolute atomic E-state index is 15.2. The minimum atomic E-state index is -4.77. The Kier molecular flexibility index (Phi) is 7.32. The Morgan fingerprint density at radius 2 is 1.34 bits per heavy atom. The Labute approximate surface area is 248 Å². The molecule has 0 aliphatic rings. The molecule has 2 heterocycles. The van der Waals surface area contributed by atoms with Crippen molar-refractivity contribution in [3.63, 3.8) is 0 Å². The average Bonchev–Trinajstić information content (AvgIpc) is 3.39. The summed E-state index contributed by atoms with van der Waals surface area (Å²) in [5, 5.41) is 0.470. The van der Waals surface area contributed by atoms with E-state index in [4.69, 9.17) is 0 Å². The minimum absolute atomic E-state index is 0.0963. The molecule has 44 heavy (non-hydrogen) atoms. The molecular weight excluding hydrogens is 612 g/mol. The number of benzene rings is 4. The van der Waals surface area contributed by atoms with Crippen molar-refractivity contribution in [3.05, 3.63) is 125 Å². The molecule has 222 valence electrons. The zero-order valence-corrected chi connectivity index (χ0v) is 23.1. The van der Waals surface area contributed by atoms with Crippen molar-refractivity contribution in [1.82, 2.24) is 9.97 Å². The molecular formula is C32H16F8N2OS. The molecule has 0 aliphatic heterocycles. The Morgan fingerprint density at radius 1 is 0.682 bits per heavy atom. The first-order valence-corrected chi connectivity index (χ1v) is 13.6. The topological polar surface area (TPSA) is 35.0 Å². The maximum atomic E-state index is 15.2. The highest BCUT2D eigenvalue weighted by molar-refractivity contribution is 7.21. The second kappa shape index (κ2) is 11.0. The van der Waals surface area contributed by atoms with Crippen LogP contribution < -0.4 is 4.74 Å². The molecule has 6 rings (SSSR count). The second-order valence-corrected chi connectivity index (χ2v) is 10.8. The smallest absolute Gasteiger partial charge is 0.429 e. The zero-order valence-electron chi connectivity index (χ0n) is 22.2. The molecule has 0 fully saturated rings. The second-order valence-electron chi connectivity index (χ2n) is 9.75. The van der Waals surface area contributed by atoms with E-state index in [1.54, 1.807) is 6.20 Å². The summed E-state index contributed by atoms with van der Waals surface area (Å²) in [6.07, 6.45) is -3.01. The van der Waals surface area contributed by atoms with Crippen molar-refractivity contribution in [2.45, 2.75) is 13.0 Å². The van der Waals surface area contributed by atoms with E-state index in [1.165, 1.54) is 23.5 Å². The van der Waals surface area contributed by atoms with Gasteiger partial charge in [0.1, 0.15) is 33.8 Å². The number of nitrogens with zero attached hydrogens (tertiary/aromatic N) is 2. The van der Waals surface area contributed by atoms with Crippen LogP contribution in [0.3, 0.4) is 0 Å². The minimum Gasteiger partial charge on any atom is -0.429 e.